The summed E-state index contributed by atoms with van der Waals surface area (Å²) in [5.74, 6) is -1.94. The second-order valence-corrected chi connectivity index (χ2v) is 6.58. The van der Waals surface area contributed by atoms with E-state index in [4.69, 9.17) is 4.74 Å². The maximum atomic E-state index is 13.1. The van der Waals surface area contributed by atoms with Crippen molar-refractivity contribution in [1.29, 1.82) is 0 Å². The van der Waals surface area contributed by atoms with Crippen LogP contribution in [0.1, 0.15) is 34.1 Å². The van der Waals surface area contributed by atoms with Crippen molar-refractivity contribution in [3.8, 4) is 5.75 Å². The first-order valence-corrected chi connectivity index (χ1v) is 9.52. The zero-order chi connectivity index (χ0) is 21.7. The predicted octanol–water partition coefficient (Wildman–Crippen LogP) is 3.71. The first kappa shape index (κ1) is 20.9. The van der Waals surface area contributed by atoms with E-state index in [9.17, 15) is 19.5 Å². The number of aromatic nitrogens is 1. The van der Waals surface area contributed by atoms with Crippen LogP contribution in [0, 0.1) is 0 Å². The Hall–Kier alpha value is -3.87. The zero-order valence-corrected chi connectivity index (χ0v) is 16.6. The van der Waals surface area contributed by atoms with Gasteiger partial charge in [0.05, 0.1) is 28.9 Å². The van der Waals surface area contributed by atoms with Crippen LogP contribution < -0.4 is 10.9 Å². The second-order valence-electron chi connectivity index (χ2n) is 6.58. The number of hydrogen-bond acceptors (Lipinski definition) is 5. The van der Waals surface area contributed by atoms with E-state index in [1.165, 1.54) is 16.7 Å². The number of carbonyl (C=O) groups excluding carboxylic acids is 2. The smallest absolute Gasteiger partial charge is 0.340 e. The highest BCUT2D eigenvalue weighted by Crippen LogP contribution is 2.26. The largest absolute Gasteiger partial charge is 0.502 e. The van der Waals surface area contributed by atoms with Crippen molar-refractivity contribution in [3.63, 3.8) is 0 Å². The third-order valence-electron chi connectivity index (χ3n) is 4.52. The second kappa shape index (κ2) is 9.09. The summed E-state index contributed by atoms with van der Waals surface area (Å²) in [5.41, 5.74) is 0.0356. The fourth-order valence-electron chi connectivity index (χ4n) is 3.16. The first-order valence-electron chi connectivity index (χ1n) is 9.52. The number of pyridine rings is 1. The fourth-order valence-corrected chi connectivity index (χ4v) is 3.16. The summed E-state index contributed by atoms with van der Waals surface area (Å²) in [5, 5.41) is 13.6. The molecule has 30 heavy (non-hydrogen) atoms. The van der Waals surface area contributed by atoms with Crippen molar-refractivity contribution < 1.29 is 19.4 Å². The van der Waals surface area contributed by atoms with Crippen LogP contribution in [-0.2, 0) is 11.3 Å². The summed E-state index contributed by atoms with van der Waals surface area (Å²) in [6, 6.07) is 13.2. The van der Waals surface area contributed by atoms with Gasteiger partial charge < -0.3 is 19.7 Å². The van der Waals surface area contributed by atoms with Gasteiger partial charge in [-0.1, -0.05) is 43.3 Å². The van der Waals surface area contributed by atoms with E-state index in [0.717, 1.165) is 0 Å². The van der Waals surface area contributed by atoms with Gasteiger partial charge in [-0.05, 0) is 24.6 Å². The van der Waals surface area contributed by atoms with E-state index in [1.807, 2.05) is 6.92 Å². The Kier molecular flexibility index (Phi) is 6.32. The summed E-state index contributed by atoms with van der Waals surface area (Å²) in [7, 11) is 0. The molecular formula is C23H22N2O5. The molecule has 154 valence electrons. The number of para-hydroxylation sites is 2. The molecule has 1 heterocycles. The lowest BCUT2D eigenvalue weighted by atomic mass is 10.1. The lowest BCUT2D eigenvalue weighted by Crippen LogP contribution is -2.24. The number of hydrogen-bond donors (Lipinski definition) is 2. The van der Waals surface area contributed by atoms with Crippen LogP contribution in [0.5, 0.6) is 5.75 Å². The van der Waals surface area contributed by atoms with Gasteiger partial charge in [-0.15, -0.1) is 6.58 Å². The molecule has 0 bridgehead atoms. The van der Waals surface area contributed by atoms with Gasteiger partial charge in [-0.2, -0.15) is 0 Å². The Morgan fingerprint density at radius 3 is 2.60 bits per heavy atom. The Morgan fingerprint density at radius 2 is 1.87 bits per heavy atom. The third kappa shape index (κ3) is 3.96. The third-order valence-corrected chi connectivity index (χ3v) is 4.52. The maximum absolute atomic E-state index is 13.1. The molecule has 0 aliphatic rings. The minimum Gasteiger partial charge on any atom is -0.502 e. The highest BCUT2D eigenvalue weighted by molar-refractivity contribution is 6.15. The number of aromatic hydroxyl groups is 1. The first-order chi connectivity index (χ1) is 14.5. The van der Waals surface area contributed by atoms with Crippen LogP contribution in [0.2, 0.25) is 0 Å². The number of carbonyl (C=O) groups is 2. The standard InChI is InChI=1S/C23H22N2O5/c1-3-13-25-18-12-8-6-10-16(18)19(20(26)22(25)28)21(27)24-17-11-7-5-9-15(17)23(29)30-14-4-2/h3,5-12,26H,1,4,13-14H2,2H3,(H,24,27). The Balaban J connectivity index is 2.07. The molecule has 7 heteroatoms. The minimum absolute atomic E-state index is 0.160. The number of benzene rings is 2. The lowest BCUT2D eigenvalue weighted by molar-refractivity contribution is 0.0506. The van der Waals surface area contributed by atoms with Crippen LogP contribution in [0.25, 0.3) is 10.9 Å². The van der Waals surface area contributed by atoms with Crippen LogP contribution in [0.4, 0.5) is 5.69 Å². The Morgan fingerprint density at radius 1 is 1.17 bits per heavy atom. The molecule has 3 aromatic rings. The number of anilines is 1. The Labute approximate surface area is 173 Å². The molecule has 7 nitrogen and oxygen atoms in total. The topological polar surface area (TPSA) is 97.6 Å². The molecule has 2 aromatic carbocycles. The van der Waals surface area contributed by atoms with E-state index in [0.29, 0.717) is 17.3 Å². The summed E-state index contributed by atoms with van der Waals surface area (Å²) in [6.45, 7) is 5.95. The van der Waals surface area contributed by atoms with Gasteiger partial charge in [0.15, 0.2) is 5.75 Å². The molecule has 0 spiro atoms. The summed E-state index contributed by atoms with van der Waals surface area (Å²) in [4.78, 5) is 38.0. The van der Waals surface area contributed by atoms with Crippen LogP contribution in [0.15, 0.2) is 66.0 Å². The van der Waals surface area contributed by atoms with E-state index in [-0.39, 0.29) is 30.0 Å². The van der Waals surface area contributed by atoms with Gasteiger partial charge in [0.2, 0.25) is 0 Å². The molecule has 2 N–H and O–H groups in total. The van der Waals surface area contributed by atoms with E-state index in [1.54, 1.807) is 42.5 Å². The molecule has 1 aromatic heterocycles. The molecule has 0 unspecified atom stereocenters. The van der Waals surface area contributed by atoms with Crippen molar-refractivity contribution in [2.75, 3.05) is 11.9 Å². The van der Waals surface area contributed by atoms with E-state index < -0.39 is 23.2 Å². The van der Waals surface area contributed by atoms with Gasteiger partial charge in [0, 0.05) is 11.9 Å². The van der Waals surface area contributed by atoms with Crippen LogP contribution >= 0.6 is 0 Å². The quantitative estimate of drug-likeness (QED) is 0.460. The average Bonchev–Trinajstić information content (AvgIpc) is 2.75. The highest BCUT2D eigenvalue weighted by atomic mass is 16.5. The molecule has 0 aliphatic heterocycles. The van der Waals surface area contributed by atoms with Crippen molar-refractivity contribution in [1.82, 2.24) is 4.57 Å². The summed E-state index contributed by atoms with van der Waals surface area (Å²) < 4.78 is 6.50. The molecule has 0 radical (unpaired) electrons. The minimum atomic E-state index is -0.706. The average molecular weight is 406 g/mol. The molecule has 0 fully saturated rings. The van der Waals surface area contributed by atoms with Gasteiger partial charge in [-0.3, -0.25) is 9.59 Å². The number of fused-ring (bicyclic) bond motifs is 1. The number of ether oxygens (including phenoxy) is 1. The maximum Gasteiger partial charge on any atom is 0.340 e. The summed E-state index contributed by atoms with van der Waals surface area (Å²) >= 11 is 0. The molecule has 0 saturated heterocycles. The molecule has 0 aliphatic carbocycles. The molecule has 1 amide bonds. The predicted molar refractivity (Wildman–Crippen MR) is 115 cm³/mol. The molecule has 3 rings (SSSR count). The van der Waals surface area contributed by atoms with Crippen LogP contribution in [-0.4, -0.2) is 28.2 Å². The number of nitrogens with one attached hydrogen (secondary N) is 1. The number of rotatable bonds is 7. The number of allylic oxidation sites excluding steroid dienone is 1. The van der Waals surface area contributed by atoms with E-state index >= 15 is 0 Å². The molecule has 0 saturated carbocycles. The Bertz CT molecular complexity index is 1180. The van der Waals surface area contributed by atoms with Crippen molar-refractivity contribution >= 4 is 28.5 Å². The van der Waals surface area contributed by atoms with Gasteiger partial charge in [0.25, 0.3) is 11.5 Å². The monoisotopic (exact) mass is 406 g/mol. The highest BCUT2D eigenvalue weighted by Gasteiger charge is 2.23. The van der Waals surface area contributed by atoms with Gasteiger partial charge >= 0.3 is 5.97 Å². The SMILES string of the molecule is C=CCn1c(=O)c(O)c(C(=O)Nc2ccccc2C(=O)OCCC)c2ccccc21. The molecule has 0 atom stereocenters. The number of esters is 1. The van der Waals surface area contributed by atoms with Crippen molar-refractivity contribution in [3.05, 3.63) is 82.7 Å². The van der Waals surface area contributed by atoms with Crippen molar-refractivity contribution in [2.24, 2.45) is 0 Å². The van der Waals surface area contributed by atoms with Gasteiger partial charge in [-0.25, -0.2) is 4.79 Å². The van der Waals surface area contributed by atoms with Crippen molar-refractivity contribution in [2.45, 2.75) is 19.9 Å². The van der Waals surface area contributed by atoms with Gasteiger partial charge in [0.1, 0.15) is 0 Å². The lowest BCUT2D eigenvalue weighted by Gasteiger charge is -2.15. The summed E-state index contributed by atoms with van der Waals surface area (Å²) in [6.07, 6.45) is 2.20. The molecular weight excluding hydrogens is 384 g/mol. The number of nitrogens with zero attached hydrogens (tertiary/aromatic N) is 1. The van der Waals surface area contributed by atoms with E-state index in [2.05, 4.69) is 11.9 Å². The van der Waals surface area contributed by atoms with Crippen LogP contribution in [0.3, 0.4) is 0 Å². The number of amides is 1. The fraction of sp³-hybridized carbons (Fsp3) is 0.174. The zero-order valence-electron chi connectivity index (χ0n) is 16.6. The normalized spacial score (nSPS) is 10.6.